The smallest absolute Gasteiger partial charge is 0.323 e. The molecule has 9 nitrogen and oxygen atoms in total. The van der Waals surface area contributed by atoms with E-state index in [2.05, 4.69) is 20.6 Å². The molecule has 0 unspecified atom stereocenters. The number of anilines is 3. The van der Waals surface area contributed by atoms with Gasteiger partial charge < -0.3 is 25.7 Å². The zero-order valence-corrected chi connectivity index (χ0v) is 19.2. The molecule has 4 N–H and O–H groups in total. The summed E-state index contributed by atoms with van der Waals surface area (Å²) in [5, 5.41) is 6.06. The van der Waals surface area contributed by atoms with E-state index in [0.29, 0.717) is 45.9 Å². The van der Waals surface area contributed by atoms with Crippen LogP contribution in [0.1, 0.15) is 42.7 Å². The number of nitrogens with zero attached hydrogens (tertiary/aromatic N) is 3. The van der Waals surface area contributed by atoms with Crippen molar-refractivity contribution >= 4 is 40.0 Å². The molecule has 2 amide bonds. The minimum atomic E-state index is -0.453. The lowest BCUT2D eigenvalue weighted by atomic mass is 10.0. The number of hydrogen-bond acceptors (Lipinski definition) is 6. The van der Waals surface area contributed by atoms with Crippen molar-refractivity contribution in [3.8, 4) is 5.75 Å². The highest BCUT2D eigenvalue weighted by Crippen LogP contribution is 2.29. The molecule has 0 saturated carbocycles. The number of fused-ring (bicyclic) bond motifs is 1. The maximum atomic E-state index is 13.4. The molecule has 2 aromatic carbocycles. The highest BCUT2D eigenvalue weighted by atomic mass is 16.5. The number of aromatic nitrogens is 3. The number of ether oxygens (including phenoxy) is 1. The van der Waals surface area contributed by atoms with E-state index in [1.807, 2.05) is 31.4 Å². The standard InChI is InChI=1S/C25H26N6O3/c1-4-34-20-11-6-5-10-19(20)30-25(33)29-17-9-7-8-16(12-17)22(32)18-13-31(15(2)3)24-21(18)23(26)27-14-28-24/h5-15H,4H2,1-3H3,(H2,26,27,28)(H2,29,30,33). The fourth-order valence-electron chi connectivity index (χ4n) is 3.70. The van der Waals surface area contributed by atoms with Crippen LogP contribution in [0.15, 0.2) is 61.1 Å². The third-order valence-electron chi connectivity index (χ3n) is 5.26. The van der Waals surface area contributed by atoms with Crippen molar-refractivity contribution in [2.45, 2.75) is 26.8 Å². The van der Waals surface area contributed by atoms with E-state index in [1.54, 1.807) is 48.7 Å². The summed E-state index contributed by atoms with van der Waals surface area (Å²) in [4.78, 5) is 34.4. The van der Waals surface area contributed by atoms with Gasteiger partial charge in [-0.2, -0.15) is 0 Å². The normalized spacial score (nSPS) is 10.9. The number of nitrogens with one attached hydrogen (secondary N) is 2. The van der Waals surface area contributed by atoms with Crippen LogP contribution in [0, 0.1) is 0 Å². The van der Waals surface area contributed by atoms with E-state index in [1.165, 1.54) is 6.33 Å². The highest BCUT2D eigenvalue weighted by Gasteiger charge is 2.21. The number of ketones is 1. The molecule has 0 bridgehead atoms. The number of nitrogen functional groups attached to an aromatic ring is 1. The summed E-state index contributed by atoms with van der Waals surface area (Å²) < 4.78 is 7.44. The van der Waals surface area contributed by atoms with Crippen LogP contribution >= 0.6 is 0 Å². The number of carbonyl (C=O) groups excluding carboxylic acids is 2. The van der Waals surface area contributed by atoms with Gasteiger partial charge in [0.2, 0.25) is 0 Å². The van der Waals surface area contributed by atoms with Gasteiger partial charge in [-0.25, -0.2) is 14.8 Å². The molecule has 2 heterocycles. The van der Waals surface area contributed by atoms with E-state index in [0.717, 1.165) is 0 Å². The molecular weight excluding hydrogens is 432 g/mol. The minimum absolute atomic E-state index is 0.0783. The molecule has 0 aliphatic rings. The van der Waals surface area contributed by atoms with Crippen LogP contribution in [0.5, 0.6) is 5.75 Å². The highest BCUT2D eigenvalue weighted by molar-refractivity contribution is 6.18. The summed E-state index contributed by atoms with van der Waals surface area (Å²) in [6, 6.07) is 13.5. The van der Waals surface area contributed by atoms with E-state index in [9.17, 15) is 9.59 Å². The lowest BCUT2D eigenvalue weighted by Crippen LogP contribution is -2.20. The molecule has 0 radical (unpaired) electrons. The fourth-order valence-corrected chi connectivity index (χ4v) is 3.70. The van der Waals surface area contributed by atoms with Gasteiger partial charge in [-0.3, -0.25) is 4.79 Å². The number of urea groups is 1. The van der Waals surface area contributed by atoms with Gasteiger partial charge in [0, 0.05) is 23.5 Å². The Balaban J connectivity index is 1.59. The summed E-state index contributed by atoms with van der Waals surface area (Å²) in [7, 11) is 0. The van der Waals surface area contributed by atoms with Gasteiger partial charge >= 0.3 is 6.03 Å². The lowest BCUT2D eigenvalue weighted by Gasteiger charge is -2.12. The van der Waals surface area contributed by atoms with Gasteiger partial charge in [-0.05, 0) is 45.0 Å². The van der Waals surface area contributed by atoms with Crippen molar-refractivity contribution in [2.24, 2.45) is 0 Å². The van der Waals surface area contributed by atoms with Crippen molar-refractivity contribution in [1.82, 2.24) is 14.5 Å². The Morgan fingerprint density at radius 3 is 2.65 bits per heavy atom. The molecule has 174 valence electrons. The first-order chi connectivity index (χ1) is 16.4. The van der Waals surface area contributed by atoms with Crippen LogP contribution < -0.4 is 21.1 Å². The fraction of sp³-hybridized carbons (Fsp3) is 0.200. The number of hydrogen-bond donors (Lipinski definition) is 3. The molecule has 0 aliphatic heterocycles. The van der Waals surface area contributed by atoms with E-state index < -0.39 is 6.03 Å². The molecule has 0 aliphatic carbocycles. The number of amides is 2. The second kappa shape index (κ2) is 9.62. The maximum Gasteiger partial charge on any atom is 0.323 e. The van der Waals surface area contributed by atoms with Crippen molar-refractivity contribution in [1.29, 1.82) is 0 Å². The molecule has 4 aromatic rings. The van der Waals surface area contributed by atoms with Crippen molar-refractivity contribution in [2.75, 3.05) is 23.0 Å². The predicted octanol–water partition coefficient (Wildman–Crippen LogP) is 4.87. The Hall–Kier alpha value is -4.40. The van der Waals surface area contributed by atoms with E-state index in [4.69, 9.17) is 10.5 Å². The topological polar surface area (TPSA) is 124 Å². The zero-order chi connectivity index (χ0) is 24.2. The molecule has 0 fully saturated rings. The molecule has 2 aromatic heterocycles. The van der Waals surface area contributed by atoms with E-state index in [-0.39, 0.29) is 17.6 Å². The summed E-state index contributed by atoms with van der Waals surface area (Å²) in [6.07, 6.45) is 3.14. The van der Waals surface area contributed by atoms with Crippen molar-refractivity contribution in [3.63, 3.8) is 0 Å². The Morgan fingerprint density at radius 2 is 1.88 bits per heavy atom. The Kier molecular flexibility index (Phi) is 6.44. The Labute approximate surface area is 197 Å². The molecule has 34 heavy (non-hydrogen) atoms. The molecule has 0 atom stereocenters. The first-order valence-corrected chi connectivity index (χ1v) is 10.9. The number of rotatable bonds is 7. The summed E-state index contributed by atoms with van der Waals surface area (Å²) in [5.74, 6) is 0.580. The van der Waals surface area contributed by atoms with Gasteiger partial charge in [0.05, 0.1) is 23.2 Å². The van der Waals surface area contributed by atoms with Gasteiger partial charge in [0.25, 0.3) is 0 Å². The average Bonchev–Trinajstić information content (AvgIpc) is 3.21. The summed E-state index contributed by atoms with van der Waals surface area (Å²) >= 11 is 0. The third kappa shape index (κ3) is 4.54. The molecule has 9 heteroatoms. The van der Waals surface area contributed by atoms with Crippen LogP contribution in [-0.4, -0.2) is 33.0 Å². The first kappa shape index (κ1) is 22.8. The number of nitrogens with two attached hydrogens (primary N) is 1. The first-order valence-electron chi connectivity index (χ1n) is 10.9. The monoisotopic (exact) mass is 458 g/mol. The number of carbonyl (C=O) groups is 2. The lowest BCUT2D eigenvalue weighted by molar-refractivity contribution is 0.104. The zero-order valence-electron chi connectivity index (χ0n) is 19.2. The van der Waals surface area contributed by atoms with Crippen LogP contribution in [-0.2, 0) is 0 Å². The summed E-state index contributed by atoms with van der Waals surface area (Å²) in [6.45, 7) is 6.35. The minimum Gasteiger partial charge on any atom is -0.492 e. The SMILES string of the molecule is CCOc1ccccc1NC(=O)Nc1cccc(C(=O)c2cn(C(C)C)c3ncnc(N)c23)c1. The molecule has 0 saturated heterocycles. The van der Waals surface area contributed by atoms with Crippen molar-refractivity contribution in [3.05, 3.63) is 72.2 Å². The second-order valence-electron chi connectivity index (χ2n) is 7.92. The molecular formula is C25H26N6O3. The van der Waals surface area contributed by atoms with Crippen molar-refractivity contribution < 1.29 is 14.3 Å². The van der Waals surface area contributed by atoms with Crippen LogP contribution in [0.4, 0.5) is 22.0 Å². The largest absolute Gasteiger partial charge is 0.492 e. The maximum absolute atomic E-state index is 13.4. The predicted molar refractivity (Wildman–Crippen MR) is 132 cm³/mol. The second-order valence-corrected chi connectivity index (χ2v) is 7.92. The third-order valence-corrected chi connectivity index (χ3v) is 5.26. The van der Waals surface area contributed by atoms with Gasteiger partial charge in [0.15, 0.2) is 5.78 Å². The van der Waals surface area contributed by atoms with Crippen LogP contribution in [0.2, 0.25) is 0 Å². The number of para-hydroxylation sites is 2. The molecule has 0 spiro atoms. The summed E-state index contributed by atoms with van der Waals surface area (Å²) in [5.41, 5.74) is 8.53. The van der Waals surface area contributed by atoms with E-state index >= 15 is 0 Å². The quantitative estimate of drug-likeness (QED) is 0.340. The molecule has 4 rings (SSSR count). The van der Waals surface area contributed by atoms with Gasteiger partial charge in [-0.15, -0.1) is 0 Å². The Bertz CT molecular complexity index is 1360. The van der Waals surface area contributed by atoms with Crippen LogP contribution in [0.3, 0.4) is 0 Å². The number of benzene rings is 2. The van der Waals surface area contributed by atoms with Gasteiger partial charge in [-0.1, -0.05) is 24.3 Å². The Morgan fingerprint density at radius 1 is 1.09 bits per heavy atom. The van der Waals surface area contributed by atoms with Gasteiger partial charge in [0.1, 0.15) is 23.5 Å². The average molecular weight is 459 g/mol. The van der Waals surface area contributed by atoms with Crippen LogP contribution in [0.25, 0.3) is 11.0 Å².